The van der Waals surface area contributed by atoms with Gasteiger partial charge in [-0.05, 0) is 39.2 Å². The standard InChI is InChI=1S/C17H14BrN3O2S/c18-14-7-6-13(9-19-21-17-20-16(22)11-24-17)8-15(14)23-10-12-4-2-1-3-5-12/h1-9H,10-11H2,(H,20,21,22). The van der Waals surface area contributed by atoms with Gasteiger partial charge in [0.25, 0.3) is 0 Å². The van der Waals surface area contributed by atoms with Gasteiger partial charge in [-0.15, -0.1) is 5.10 Å². The molecule has 2 aromatic rings. The van der Waals surface area contributed by atoms with Gasteiger partial charge in [0.2, 0.25) is 5.91 Å². The summed E-state index contributed by atoms with van der Waals surface area (Å²) in [6, 6.07) is 15.7. The van der Waals surface area contributed by atoms with Crippen LogP contribution < -0.4 is 10.1 Å². The monoisotopic (exact) mass is 403 g/mol. The van der Waals surface area contributed by atoms with Gasteiger partial charge in [-0.1, -0.05) is 48.2 Å². The van der Waals surface area contributed by atoms with E-state index >= 15 is 0 Å². The maximum absolute atomic E-state index is 11.1. The fourth-order valence-electron chi connectivity index (χ4n) is 1.97. The molecule has 1 aliphatic heterocycles. The highest BCUT2D eigenvalue weighted by Gasteiger charge is 2.15. The van der Waals surface area contributed by atoms with Gasteiger partial charge in [-0.2, -0.15) is 5.10 Å². The van der Waals surface area contributed by atoms with Gasteiger partial charge < -0.3 is 10.1 Å². The summed E-state index contributed by atoms with van der Waals surface area (Å²) in [6.45, 7) is 0.491. The van der Waals surface area contributed by atoms with E-state index in [1.165, 1.54) is 11.8 Å². The molecule has 1 heterocycles. The second kappa shape index (κ2) is 8.12. The van der Waals surface area contributed by atoms with Crippen LogP contribution in [-0.4, -0.2) is 23.0 Å². The normalized spacial score (nSPS) is 15.9. The Morgan fingerprint density at radius 3 is 2.83 bits per heavy atom. The second-order valence-corrected chi connectivity index (χ2v) is 6.77. The molecule has 1 N–H and O–H groups in total. The number of carbonyl (C=O) groups is 1. The molecule has 3 rings (SSSR count). The van der Waals surface area contributed by atoms with Crippen molar-refractivity contribution in [1.29, 1.82) is 0 Å². The summed E-state index contributed by atoms with van der Waals surface area (Å²) in [6.07, 6.45) is 1.62. The highest BCUT2D eigenvalue weighted by molar-refractivity contribution is 9.10. The van der Waals surface area contributed by atoms with E-state index < -0.39 is 0 Å². The van der Waals surface area contributed by atoms with Gasteiger partial charge in [0.05, 0.1) is 16.4 Å². The molecule has 2 aromatic carbocycles. The Morgan fingerprint density at radius 1 is 1.25 bits per heavy atom. The molecule has 1 aliphatic rings. The molecule has 1 amide bonds. The van der Waals surface area contributed by atoms with Crippen molar-refractivity contribution < 1.29 is 9.53 Å². The molecular weight excluding hydrogens is 390 g/mol. The molecule has 0 radical (unpaired) electrons. The van der Waals surface area contributed by atoms with Crippen molar-refractivity contribution in [3.8, 4) is 5.75 Å². The quantitative estimate of drug-likeness (QED) is 0.612. The van der Waals surface area contributed by atoms with Gasteiger partial charge in [-0.25, -0.2) is 0 Å². The Kier molecular flexibility index (Phi) is 5.66. The highest BCUT2D eigenvalue weighted by Crippen LogP contribution is 2.26. The lowest BCUT2D eigenvalue weighted by atomic mass is 10.2. The van der Waals surface area contributed by atoms with Crippen LogP contribution >= 0.6 is 27.7 Å². The summed E-state index contributed by atoms with van der Waals surface area (Å²) in [5.74, 6) is 1.08. The summed E-state index contributed by atoms with van der Waals surface area (Å²) < 4.78 is 6.73. The smallest absolute Gasteiger partial charge is 0.236 e. The predicted molar refractivity (Wildman–Crippen MR) is 101 cm³/mol. The zero-order valence-corrected chi connectivity index (χ0v) is 15.0. The van der Waals surface area contributed by atoms with Crippen LogP contribution in [0.1, 0.15) is 11.1 Å². The summed E-state index contributed by atoms with van der Waals surface area (Å²) in [5.41, 5.74) is 1.96. The van der Waals surface area contributed by atoms with Crippen molar-refractivity contribution in [1.82, 2.24) is 5.32 Å². The number of carbonyl (C=O) groups excluding carboxylic acids is 1. The largest absolute Gasteiger partial charge is 0.488 e. The lowest BCUT2D eigenvalue weighted by molar-refractivity contribution is -0.116. The van der Waals surface area contributed by atoms with E-state index in [1.54, 1.807) is 6.21 Å². The number of nitrogens with zero attached hydrogens (tertiary/aromatic N) is 2. The van der Waals surface area contributed by atoms with E-state index in [2.05, 4.69) is 31.4 Å². The van der Waals surface area contributed by atoms with Crippen LogP contribution in [0, 0.1) is 0 Å². The molecule has 0 atom stereocenters. The first-order chi connectivity index (χ1) is 11.7. The lowest BCUT2D eigenvalue weighted by Gasteiger charge is -2.09. The van der Waals surface area contributed by atoms with Gasteiger partial charge in [0, 0.05) is 0 Å². The third kappa shape index (κ3) is 4.69. The van der Waals surface area contributed by atoms with E-state index in [1.807, 2.05) is 48.5 Å². The molecule has 24 heavy (non-hydrogen) atoms. The van der Waals surface area contributed by atoms with Crippen LogP contribution in [0.3, 0.4) is 0 Å². The van der Waals surface area contributed by atoms with Crippen molar-refractivity contribution in [3.63, 3.8) is 0 Å². The molecule has 0 spiro atoms. The minimum absolute atomic E-state index is 0.0470. The number of hydrogen-bond donors (Lipinski definition) is 1. The fraction of sp³-hybridized carbons (Fsp3) is 0.118. The number of nitrogens with one attached hydrogen (secondary N) is 1. The summed E-state index contributed by atoms with van der Waals surface area (Å²) in [4.78, 5) is 11.1. The topological polar surface area (TPSA) is 63.0 Å². The van der Waals surface area contributed by atoms with Crippen LogP contribution in [0.15, 0.2) is 63.2 Å². The molecule has 0 saturated carbocycles. The first-order valence-corrected chi connectivity index (χ1v) is 8.98. The van der Waals surface area contributed by atoms with E-state index in [-0.39, 0.29) is 5.91 Å². The van der Waals surface area contributed by atoms with E-state index in [0.29, 0.717) is 17.5 Å². The zero-order valence-electron chi connectivity index (χ0n) is 12.6. The van der Waals surface area contributed by atoms with Crippen molar-refractivity contribution in [3.05, 3.63) is 64.1 Å². The number of thioether (sulfide) groups is 1. The van der Waals surface area contributed by atoms with Crippen LogP contribution in [0.4, 0.5) is 0 Å². The van der Waals surface area contributed by atoms with Crippen molar-refractivity contribution in [2.45, 2.75) is 6.61 Å². The van der Waals surface area contributed by atoms with E-state index in [9.17, 15) is 4.79 Å². The van der Waals surface area contributed by atoms with Crippen molar-refractivity contribution in [2.24, 2.45) is 10.2 Å². The summed E-state index contributed by atoms with van der Waals surface area (Å²) in [7, 11) is 0. The number of ether oxygens (including phenoxy) is 1. The maximum Gasteiger partial charge on any atom is 0.236 e. The first-order valence-electron chi connectivity index (χ1n) is 7.21. The Labute approximate surface area is 152 Å². The number of halogens is 1. The molecule has 7 heteroatoms. The van der Waals surface area contributed by atoms with Crippen LogP contribution in [0.5, 0.6) is 5.75 Å². The molecule has 1 fully saturated rings. The number of benzene rings is 2. The minimum atomic E-state index is -0.0470. The maximum atomic E-state index is 11.1. The number of hydrogen-bond acceptors (Lipinski definition) is 5. The zero-order chi connectivity index (χ0) is 16.8. The predicted octanol–water partition coefficient (Wildman–Crippen LogP) is 3.58. The van der Waals surface area contributed by atoms with Gasteiger partial charge in [0.1, 0.15) is 12.4 Å². The van der Waals surface area contributed by atoms with Crippen molar-refractivity contribution >= 4 is 45.0 Å². The third-order valence-corrected chi connectivity index (χ3v) is 4.65. The molecule has 122 valence electrons. The second-order valence-electron chi connectivity index (χ2n) is 4.95. The summed E-state index contributed by atoms with van der Waals surface area (Å²) >= 11 is 4.83. The fourth-order valence-corrected chi connectivity index (χ4v) is 2.97. The molecule has 0 bridgehead atoms. The average Bonchev–Trinajstić information content (AvgIpc) is 3.01. The van der Waals surface area contributed by atoms with Gasteiger partial charge >= 0.3 is 0 Å². The third-order valence-electron chi connectivity index (χ3n) is 3.13. The Balaban J connectivity index is 1.66. The Hall–Kier alpha value is -2.12. The molecular formula is C17H14BrN3O2S. The van der Waals surface area contributed by atoms with Crippen molar-refractivity contribution in [2.75, 3.05) is 5.75 Å². The SMILES string of the molecule is O=C1CSC(=NN=Cc2ccc(Br)c(OCc3ccccc3)c2)N1. The molecule has 5 nitrogen and oxygen atoms in total. The van der Waals surface area contributed by atoms with E-state index in [4.69, 9.17) is 4.74 Å². The highest BCUT2D eigenvalue weighted by atomic mass is 79.9. The molecule has 1 saturated heterocycles. The summed E-state index contributed by atoms with van der Waals surface area (Å²) in [5, 5.41) is 11.1. The number of rotatable bonds is 5. The van der Waals surface area contributed by atoms with Crippen LogP contribution in [0.25, 0.3) is 0 Å². The number of amidine groups is 1. The molecule has 0 unspecified atom stereocenters. The molecule has 0 aromatic heterocycles. The average molecular weight is 404 g/mol. The van der Waals surface area contributed by atoms with E-state index in [0.717, 1.165) is 21.3 Å². The Bertz CT molecular complexity index is 794. The minimum Gasteiger partial charge on any atom is -0.488 e. The Morgan fingerprint density at radius 2 is 2.08 bits per heavy atom. The van der Waals surface area contributed by atoms with Gasteiger partial charge in [-0.3, -0.25) is 4.79 Å². The van der Waals surface area contributed by atoms with Crippen LogP contribution in [-0.2, 0) is 11.4 Å². The lowest BCUT2D eigenvalue weighted by Crippen LogP contribution is -2.19. The molecule has 0 aliphatic carbocycles. The first kappa shape index (κ1) is 16.7. The van der Waals surface area contributed by atoms with Gasteiger partial charge in [0.15, 0.2) is 5.17 Å². The number of amides is 1. The van der Waals surface area contributed by atoms with Crippen LogP contribution in [0.2, 0.25) is 0 Å².